The molecule has 0 radical (unpaired) electrons. The number of aromatic nitrogens is 2. The molecule has 0 spiro atoms. The van der Waals surface area contributed by atoms with Gasteiger partial charge in [-0.2, -0.15) is 5.10 Å². The lowest BCUT2D eigenvalue weighted by Gasteiger charge is -2.15. The first-order valence-corrected chi connectivity index (χ1v) is 6.15. The fourth-order valence-electron chi connectivity index (χ4n) is 2.57. The predicted molar refractivity (Wildman–Crippen MR) is 72.7 cm³/mol. The molecule has 0 saturated carbocycles. The van der Waals surface area contributed by atoms with Gasteiger partial charge in [0.15, 0.2) is 5.69 Å². The van der Waals surface area contributed by atoms with Crippen LogP contribution in [-0.2, 0) is 18.3 Å². The van der Waals surface area contributed by atoms with Crippen molar-refractivity contribution in [2.24, 2.45) is 7.05 Å². The molecule has 0 unspecified atom stereocenters. The summed E-state index contributed by atoms with van der Waals surface area (Å²) in [5, 5.41) is 13.0. The van der Waals surface area contributed by atoms with Gasteiger partial charge in [-0.3, -0.25) is 9.48 Å². The summed E-state index contributed by atoms with van der Waals surface area (Å²) in [5.41, 5.74) is 3.27. The van der Waals surface area contributed by atoms with Crippen molar-refractivity contribution >= 4 is 17.6 Å². The summed E-state index contributed by atoms with van der Waals surface area (Å²) in [4.78, 5) is 24.4. The van der Waals surface area contributed by atoms with E-state index in [2.05, 4.69) is 5.10 Å². The van der Waals surface area contributed by atoms with Crippen LogP contribution in [0.2, 0.25) is 0 Å². The number of fused-ring (bicyclic) bond motifs is 1. The molecular weight excluding hydrogens is 258 g/mol. The van der Waals surface area contributed by atoms with Crippen molar-refractivity contribution in [2.45, 2.75) is 6.42 Å². The monoisotopic (exact) mass is 271 g/mol. The number of carboxylic acid groups (broad SMARTS) is 1. The lowest BCUT2D eigenvalue weighted by atomic mass is 10.0. The number of anilines is 1. The second kappa shape index (κ2) is 4.19. The Morgan fingerprint density at radius 3 is 2.75 bits per heavy atom. The fraction of sp³-hybridized carbons (Fsp3) is 0.214. The Bertz CT molecular complexity index is 733. The molecule has 2 heterocycles. The van der Waals surface area contributed by atoms with Crippen molar-refractivity contribution in [1.29, 1.82) is 0 Å². The van der Waals surface area contributed by atoms with E-state index in [1.165, 1.54) is 10.7 Å². The molecule has 0 atom stereocenters. The zero-order valence-electron chi connectivity index (χ0n) is 11.1. The molecule has 0 aliphatic carbocycles. The van der Waals surface area contributed by atoms with Crippen molar-refractivity contribution in [1.82, 2.24) is 9.78 Å². The number of carbonyl (C=O) groups is 2. The summed E-state index contributed by atoms with van der Waals surface area (Å²) in [6, 6.07) is 7.17. The van der Waals surface area contributed by atoms with Crippen molar-refractivity contribution in [3.8, 4) is 11.3 Å². The van der Waals surface area contributed by atoms with Gasteiger partial charge in [0.25, 0.3) is 0 Å². The molecule has 102 valence electrons. The normalized spacial score (nSPS) is 13.7. The summed E-state index contributed by atoms with van der Waals surface area (Å²) in [5.74, 6) is -1.03. The number of nitrogens with zero attached hydrogens (tertiary/aromatic N) is 3. The van der Waals surface area contributed by atoms with Gasteiger partial charge in [0.1, 0.15) is 0 Å². The summed E-state index contributed by atoms with van der Waals surface area (Å²) in [6.07, 6.45) is 0.378. The van der Waals surface area contributed by atoms with Crippen molar-refractivity contribution < 1.29 is 14.7 Å². The van der Waals surface area contributed by atoms with Crippen LogP contribution in [0.3, 0.4) is 0 Å². The number of carbonyl (C=O) groups excluding carboxylic acids is 1. The SMILES string of the molecule is CN1C(=O)Cc2cccc(-c3cc(C(=O)O)nn3C)c21. The number of hydrogen-bond donors (Lipinski definition) is 1. The van der Waals surface area contributed by atoms with Gasteiger partial charge in [0.05, 0.1) is 17.8 Å². The summed E-state index contributed by atoms with van der Waals surface area (Å²) in [7, 11) is 3.42. The van der Waals surface area contributed by atoms with Gasteiger partial charge >= 0.3 is 5.97 Å². The summed E-state index contributed by atoms with van der Waals surface area (Å²) in [6.45, 7) is 0. The molecule has 1 aromatic carbocycles. The molecule has 1 aliphatic rings. The van der Waals surface area contributed by atoms with Gasteiger partial charge in [-0.25, -0.2) is 4.79 Å². The van der Waals surface area contributed by atoms with E-state index in [9.17, 15) is 9.59 Å². The Balaban J connectivity index is 2.20. The van der Waals surface area contributed by atoms with E-state index in [1.807, 2.05) is 18.2 Å². The molecule has 0 fully saturated rings. The maximum absolute atomic E-state index is 11.8. The molecule has 20 heavy (non-hydrogen) atoms. The maximum Gasteiger partial charge on any atom is 0.356 e. The lowest BCUT2D eigenvalue weighted by Crippen LogP contribution is -2.21. The van der Waals surface area contributed by atoms with Gasteiger partial charge in [0, 0.05) is 19.7 Å². The number of hydrogen-bond acceptors (Lipinski definition) is 3. The van der Waals surface area contributed by atoms with Crippen LogP contribution in [0.15, 0.2) is 24.3 Å². The summed E-state index contributed by atoms with van der Waals surface area (Å²) >= 11 is 0. The first-order valence-electron chi connectivity index (χ1n) is 6.15. The minimum Gasteiger partial charge on any atom is -0.476 e. The van der Waals surface area contributed by atoms with E-state index in [-0.39, 0.29) is 11.6 Å². The van der Waals surface area contributed by atoms with E-state index >= 15 is 0 Å². The Labute approximate surface area is 115 Å². The zero-order valence-corrected chi connectivity index (χ0v) is 11.1. The number of para-hydroxylation sites is 1. The van der Waals surface area contributed by atoms with Gasteiger partial charge in [-0.1, -0.05) is 18.2 Å². The molecule has 1 aromatic heterocycles. The van der Waals surface area contributed by atoms with Crippen LogP contribution < -0.4 is 4.90 Å². The van der Waals surface area contributed by atoms with Crippen LogP contribution in [0.4, 0.5) is 5.69 Å². The second-order valence-electron chi connectivity index (χ2n) is 4.79. The van der Waals surface area contributed by atoms with Crippen molar-refractivity contribution in [3.63, 3.8) is 0 Å². The first-order chi connectivity index (χ1) is 9.49. The number of aryl methyl sites for hydroxylation is 1. The van der Waals surface area contributed by atoms with Gasteiger partial charge < -0.3 is 10.0 Å². The first kappa shape index (κ1) is 12.4. The molecule has 6 heteroatoms. The van der Waals surface area contributed by atoms with Crippen molar-refractivity contribution in [2.75, 3.05) is 11.9 Å². The average Bonchev–Trinajstić information content (AvgIpc) is 2.92. The molecular formula is C14H13N3O3. The number of benzene rings is 1. The minimum atomic E-state index is -1.07. The smallest absolute Gasteiger partial charge is 0.356 e. The Morgan fingerprint density at radius 2 is 2.10 bits per heavy atom. The van der Waals surface area contributed by atoms with E-state index in [1.54, 1.807) is 19.0 Å². The van der Waals surface area contributed by atoms with Gasteiger partial charge in [-0.15, -0.1) is 0 Å². The quantitative estimate of drug-likeness (QED) is 0.893. The molecule has 1 amide bonds. The molecule has 0 bridgehead atoms. The van der Waals surface area contributed by atoms with Crippen LogP contribution in [0.5, 0.6) is 0 Å². The molecule has 1 N–H and O–H groups in total. The highest BCUT2D eigenvalue weighted by atomic mass is 16.4. The summed E-state index contributed by atoms with van der Waals surface area (Å²) < 4.78 is 1.52. The zero-order chi connectivity index (χ0) is 14.4. The van der Waals surface area contributed by atoms with Crippen LogP contribution in [0.1, 0.15) is 16.1 Å². The maximum atomic E-state index is 11.8. The van der Waals surface area contributed by atoms with Gasteiger partial charge in [0.2, 0.25) is 5.91 Å². The third kappa shape index (κ3) is 1.69. The fourth-order valence-corrected chi connectivity index (χ4v) is 2.57. The highest BCUT2D eigenvalue weighted by Crippen LogP contribution is 2.37. The highest BCUT2D eigenvalue weighted by molar-refractivity contribution is 6.05. The van der Waals surface area contributed by atoms with E-state index in [0.29, 0.717) is 12.1 Å². The van der Waals surface area contributed by atoms with Crippen LogP contribution in [0.25, 0.3) is 11.3 Å². The van der Waals surface area contributed by atoms with E-state index in [4.69, 9.17) is 5.11 Å². The molecule has 1 aliphatic heterocycles. The molecule has 0 saturated heterocycles. The number of rotatable bonds is 2. The number of carboxylic acids is 1. The Hall–Kier alpha value is -2.63. The lowest BCUT2D eigenvalue weighted by molar-refractivity contribution is -0.117. The van der Waals surface area contributed by atoms with Gasteiger partial charge in [-0.05, 0) is 11.6 Å². The largest absolute Gasteiger partial charge is 0.476 e. The standard InChI is InChI=1S/C14H13N3O3/c1-16-12(18)6-8-4-3-5-9(13(8)16)11-7-10(14(19)20)15-17(11)2/h3-5,7H,6H2,1-2H3,(H,19,20). The van der Waals surface area contributed by atoms with Crippen LogP contribution >= 0.6 is 0 Å². The van der Waals surface area contributed by atoms with E-state index in [0.717, 1.165) is 16.8 Å². The number of likely N-dealkylation sites (N-methyl/N-ethyl adjacent to an activating group) is 1. The minimum absolute atomic E-state index is 0.00733. The third-order valence-electron chi connectivity index (χ3n) is 3.55. The van der Waals surface area contributed by atoms with Crippen LogP contribution in [-0.4, -0.2) is 33.8 Å². The second-order valence-corrected chi connectivity index (χ2v) is 4.79. The number of aromatic carboxylic acids is 1. The van der Waals surface area contributed by atoms with E-state index < -0.39 is 5.97 Å². The molecule has 3 rings (SSSR count). The highest BCUT2D eigenvalue weighted by Gasteiger charge is 2.28. The topological polar surface area (TPSA) is 75.4 Å². The third-order valence-corrected chi connectivity index (χ3v) is 3.55. The predicted octanol–water partition coefficient (Wildman–Crippen LogP) is 1.30. The van der Waals surface area contributed by atoms with Crippen molar-refractivity contribution in [3.05, 3.63) is 35.5 Å². The molecule has 2 aromatic rings. The Kier molecular flexibility index (Phi) is 2.60. The number of amides is 1. The average molecular weight is 271 g/mol. The van der Waals surface area contributed by atoms with Crippen LogP contribution in [0, 0.1) is 0 Å². The molecule has 6 nitrogen and oxygen atoms in total. The Morgan fingerprint density at radius 1 is 1.35 bits per heavy atom.